The van der Waals surface area contributed by atoms with Gasteiger partial charge in [-0.1, -0.05) is 0 Å². The molecule has 0 aliphatic rings. The molecule has 0 fully saturated rings. The van der Waals surface area contributed by atoms with Crippen molar-refractivity contribution in [1.82, 2.24) is 0 Å². The first-order valence-corrected chi connectivity index (χ1v) is 7.19. The van der Waals surface area contributed by atoms with Gasteiger partial charge in [0.25, 0.3) is 0 Å². The van der Waals surface area contributed by atoms with E-state index in [4.69, 9.17) is 24.4 Å². The van der Waals surface area contributed by atoms with Gasteiger partial charge >= 0.3 is 23.9 Å². The van der Waals surface area contributed by atoms with E-state index in [1.807, 2.05) is 0 Å². The molecular weight excluding hydrogens is 408 g/mol. The number of hydrogen-bond donors (Lipinski definition) is 1. The highest BCUT2D eigenvalue weighted by Gasteiger charge is 2.45. The summed E-state index contributed by atoms with van der Waals surface area (Å²) in [5, 5.41) is 9.53. The lowest BCUT2D eigenvalue weighted by Crippen LogP contribution is -2.54. The Morgan fingerprint density at radius 3 is 1.72 bits per heavy atom. The second kappa shape index (κ2) is 10.8. The van der Waals surface area contributed by atoms with Crippen molar-refractivity contribution in [3.05, 3.63) is 0 Å². The molecule has 1 N–H and O–H groups in total. The number of rotatable bonds is 9. The van der Waals surface area contributed by atoms with Crippen LogP contribution in [0.4, 0.5) is 0 Å². The number of halogens is 1. The molecule has 0 rings (SSSR count). The molecule has 0 amide bonds. The molecule has 11 heteroatoms. The quantitative estimate of drug-likeness (QED) is 0.292. The smallest absolute Gasteiger partial charge is 0.303 e. The maximum absolute atomic E-state index is 11.9. The Morgan fingerprint density at radius 1 is 0.840 bits per heavy atom. The van der Waals surface area contributed by atoms with E-state index < -0.39 is 87.2 Å². The SMILES string of the molecule is [2H]CC(=O)O[C@H]([C@H](OC(=O)C[2H])[C@@H](OC(=O)C[2H])C(=O)Br)[C@@H](CO)OC(=O)C[2H]. The average molecular weight is 431 g/mol. The maximum atomic E-state index is 11.9. The van der Waals surface area contributed by atoms with Gasteiger partial charge in [0, 0.05) is 33.1 Å². The summed E-state index contributed by atoms with van der Waals surface area (Å²) in [6.45, 7) is -4.75. The third-order valence-corrected chi connectivity index (χ3v) is 2.92. The minimum absolute atomic E-state index is 0.887. The van der Waals surface area contributed by atoms with Gasteiger partial charge in [-0.05, 0) is 15.9 Å². The van der Waals surface area contributed by atoms with Crippen molar-refractivity contribution in [2.75, 3.05) is 6.61 Å². The van der Waals surface area contributed by atoms with E-state index in [1.165, 1.54) is 0 Å². The third-order valence-electron chi connectivity index (χ3n) is 2.47. The van der Waals surface area contributed by atoms with Crippen LogP contribution in [0.5, 0.6) is 0 Å². The summed E-state index contributed by atoms with van der Waals surface area (Å²) in [4.78, 5) is 58.2. The highest BCUT2D eigenvalue weighted by Crippen LogP contribution is 2.21. The van der Waals surface area contributed by atoms with Crippen LogP contribution in [-0.2, 0) is 42.9 Å². The van der Waals surface area contributed by atoms with E-state index in [2.05, 4.69) is 15.9 Å². The predicted molar refractivity (Wildman–Crippen MR) is 83.2 cm³/mol. The van der Waals surface area contributed by atoms with Gasteiger partial charge in [0.1, 0.15) is 0 Å². The van der Waals surface area contributed by atoms with E-state index in [1.54, 1.807) is 0 Å². The Labute approximate surface area is 157 Å². The molecule has 0 bridgehead atoms. The standard InChI is InChI=1S/C14H19BrO10/c1-6(17)22-10(5-16)11(23-7(2)18)12(24-8(3)19)13(14(15)21)25-9(4)20/h10-13,16H,5H2,1-4H3/t10-,11+,12+,13-/m1/s1/i1D,2D,3D,4D. The van der Waals surface area contributed by atoms with Gasteiger partial charge in [0.15, 0.2) is 18.3 Å². The monoisotopic (exact) mass is 430 g/mol. The van der Waals surface area contributed by atoms with Crippen LogP contribution in [0.2, 0.25) is 0 Å². The molecule has 0 saturated heterocycles. The molecule has 0 aromatic heterocycles. The molecule has 0 aromatic carbocycles. The molecule has 25 heavy (non-hydrogen) atoms. The van der Waals surface area contributed by atoms with Gasteiger partial charge in [-0.25, -0.2) is 0 Å². The maximum Gasteiger partial charge on any atom is 0.303 e. The third kappa shape index (κ3) is 8.59. The first-order chi connectivity index (χ1) is 13.6. The number of esters is 4. The molecule has 0 aromatic rings. The van der Waals surface area contributed by atoms with Crippen LogP contribution in [-0.4, -0.2) is 64.7 Å². The van der Waals surface area contributed by atoms with E-state index in [0.717, 1.165) is 0 Å². The fraction of sp³-hybridized carbons (Fsp3) is 0.643. The number of carbonyl (C=O) groups is 5. The molecule has 142 valence electrons. The highest BCUT2D eigenvalue weighted by atomic mass is 79.9. The molecule has 0 aliphatic heterocycles. The van der Waals surface area contributed by atoms with Gasteiger partial charge < -0.3 is 24.1 Å². The fourth-order valence-corrected chi connectivity index (χ4v) is 2.07. The molecule has 10 nitrogen and oxygen atoms in total. The summed E-state index contributed by atoms with van der Waals surface area (Å²) in [6, 6.07) is 0. The molecule has 0 saturated carbocycles. The zero-order valence-corrected chi connectivity index (χ0v) is 14.4. The predicted octanol–water partition coefficient (Wildman–Crippen LogP) is -0.373. The zero-order chi connectivity index (χ0) is 22.6. The minimum Gasteiger partial charge on any atom is -0.456 e. The number of carbonyl (C=O) groups excluding carboxylic acids is 5. The largest absolute Gasteiger partial charge is 0.456 e. The van der Waals surface area contributed by atoms with Crippen molar-refractivity contribution in [2.24, 2.45) is 0 Å². The topological polar surface area (TPSA) is 142 Å². The lowest BCUT2D eigenvalue weighted by Gasteiger charge is -2.33. The lowest BCUT2D eigenvalue weighted by atomic mass is 10.0. The Hall–Kier alpha value is -2.01. The van der Waals surface area contributed by atoms with E-state index >= 15 is 0 Å². The number of aliphatic hydroxyl groups is 1. The molecule has 4 atom stereocenters. The summed E-state index contributed by atoms with van der Waals surface area (Å²) in [5.74, 6) is -4.91. The van der Waals surface area contributed by atoms with Gasteiger partial charge in [0.2, 0.25) is 10.8 Å². The molecule has 0 heterocycles. The summed E-state index contributed by atoms with van der Waals surface area (Å²) in [5.41, 5.74) is 0. The average Bonchev–Trinajstić information content (AvgIpc) is 2.71. The lowest BCUT2D eigenvalue weighted by molar-refractivity contribution is -0.199. The van der Waals surface area contributed by atoms with Crippen LogP contribution in [0.1, 0.15) is 33.1 Å². The summed E-state index contributed by atoms with van der Waals surface area (Å²) < 4.78 is 46.1. The van der Waals surface area contributed by atoms with Crippen molar-refractivity contribution in [1.29, 1.82) is 0 Å². The van der Waals surface area contributed by atoms with Crippen LogP contribution in [0.25, 0.3) is 0 Å². The molecular formula is C14H19BrO10. The Morgan fingerprint density at radius 2 is 1.28 bits per heavy atom. The summed E-state index contributed by atoms with van der Waals surface area (Å²) in [7, 11) is 0. The van der Waals surface area contributed by atoms with Gasteiger partial charge in [-0.15, -0.1) is 0 Å². The van der Waals surface area contributed by atoms with Crippen LogP contribution >= 0.6 is 15.9 Å². The number of hydrogen-bond acceptors (Lipinski definition) is 10. The number of ether oxygens (including phenoxy) is 4. The minimum atomic E-state index is -2.02. The van der Waals surface area contributed by atoms with Crippen molar-refractivity contribution >= 4 is 44.5 Å². The summed E-state index contributed by atoms with van der Waals surface area (Å²) >= 11 is 2.50. The zero-order valence-electron chi connectivity index (χ0n) is 16.8. The molecule has 0 spiro atoms. The molecule has 0 radical (unpaired) electrons. The van der Waals surface area contributed by atoms with Crippen molar-refractivity contribution in [3.8, 4) is 0 Å². The number of aliphatic hydroxyl groups excluding tert-OH is 1. The Bertz CT molecular complexity index is 605. The van der Waals surface area contributed by atoms with E-state index in [-0.39, 0.29) is 0 Å². The van der Waals surface area contributed by atoms with Gasteiger partial charge in [-0.3, -0.25) is 24.0 Å². The van der Waals surface area contributed by atoms with Gasteiger partial charge in [-0.2, -0.15) is 0 Å². The van der Waals surface area contributed by atoms with Crippen LogP contribution in [0.3, 0.4) is 0 Å². The van der Waals surface area contributed by atoms with E-state index in [9.17, 15) is 29.1 Å². The second-order valence-corrected chi connectivity index (χ2v) is 5.12. The summed E-state index contributed by atoms with van der Waals surface area (Å²) in [6.07, 6.45) is -7.76. The van der Waals surface area contributed by atoms with Crippen LogP contribution < -0.4 is 0 Å². The van der Waals surface area contributed by atoms with Crippen LogP contribution in [0.15, 0.2) is 0 Å². The Kier molecular flexibility index (Phi) is 7.09. The molecule has 0 aliphatic carbocycles. The van der Waals surface area contributed by atoms with Crippen molar-refractivity contribution in [2.45, 2.75) is 52.0 Å². The van der Waals surface area contributed by atoms with E-state index in [0.29, 0.717) is 0 Å². The van der Waals surface area contributed by atoms with Crippen molar-refractivity contribution < 1.29 is 53.5 Å². The molecule has 0 unspecified atom stereocenters. The highest BCUT2D eigenvalue weighted by molar-refractivity contribution is 9.18. The Balaban J connectivity index is 6.22. The van der Waals surface area contributed by atoms with Crippen LogP contribution in [0, 0.1) is 0 Å². The fourth-order valence-electron chi connectivity index (χ4n) is 1.72. The van der Waals surface area contributed by atoms with Gasteiger partial charge in [0.05, 0.1) is 6.61 Å². The normalized spacial score (nSPS) is 17.2. The van der Waals surface area contributed by atoms with Crippen molar-refractivity contribution in [3.63, 3.8) is 0 Å². The second-order valence-electron chi connectivity index (χ2n) is 4.33. The first-order valence-electron chi connectivity index (χ1n) is 9.22. The first kappa shape index (κ1) is 16.5.